The first-order chi connectivity index (χ1) is 11.2. The second-order valence-corrected chi connectivity index (χ2v) is 7.09. The molecule has 0 bridgehead atoms. The molecule has 0 unspecified atom stereocenters. The van der Waals surface area contributed by atoms with Gasteiger partial charge in [-0.15, -0.1) is 0 Å². The number of nitrogens with zero attached hydrogens (tertiary/aromatic N) is 2. The Morgan fingerprint density at radius 2 is 2.00 bits per heavy atom. The highest BCUT2D eigenvalue weighted by Crippen LogP contribution is 2.44. The summed E-state index contributed by atoms with van der Waals surface area (Å²) in [5, 5.41) is 3.79. The molecule has 4 nitrogen and oxygen atoms in total. The first kappa shape index (κ1) is 14.6. The van der Waals surface area contributed by atoms with Gasteiger partial charge in [0.2, 0.25) is 5.91 Å². The van der Waals surface area contributed by atoms with Crippen molar-refractivity contribution in [3.8, 4) is 0 Å². The lowest BCUT2D eigenvalue weighted by Gasteiger charge is -2.25. The average molecular weight is 331 g/mol. The number of thiazole rings is 1. The second kappa shape index (κ2) is 5.92. The number of carbonyl (C=O) groups is 1. The minimum Gasteiger partial charge on any atom is -0.348 e. The lowest BCUT2D eigenvalue weighted by atomic mass is 9.91. The summed E-state index contributed by atoms with van der Waals surface area (Å²) in [7, 11) is 0. The topological polar surface area (TPSA) is 45.2 Å². The van der Waals surface area contributed by atoms with Gasteiger partial charge in [0.1, 0.15) is 11.6 Å². The maximum absolute atomic E-state index is 14.2. The number of carbonyl (C=O) groups excluding carboxylic acids is 1. The smallest absolute Gasteiger partial charge is 0.226 e. The Labute approximate surface area is 138 Å². The van der Waals surface area contributed by atoms with Crippen LogP contribution in [-0.4, -0.2) is 24.0 Å². The van der Waals surface area contributed by atoms with Gasteiger partial charge in [-0.2, -0.15) is 0 Å². The number of hydrogen-bond donors (Lipinski definition) is 1. The third-order valence-electron chi connectivity index (χ3n) is 4.51. The molecule has 120 valence electrons. The third kappa shape index (κ3) is 2.72. The fourth-order valence-corrected chi connectivity index (χ4v) is 4.53. The number of aromatic nitrogens is 1. The third-order valence-corrected chi connectivity index (χ3v) is 5.74. The maximum Gasteiger partial charge on any atom is 0.226 e. The van der Waals surface area contributed by atoms with Gasteiger partial charge >= 0.3 is 0 Å². The summed E-state index contributed by atoms with van der Waals surface area (Å²) in [6.07, 6.45) is 3.88. The SMILES string of the molecule is O=C1C[C@@H](c2ccccc2F)c2sc(N3CCCCC3)nc2N1. The molecular formula is C17H18FN3OS. The molecule has 1 atom stereocenters. The highest BCUT2D eigenvalue weighted by atomic mass is 32.1. The zero-order chi connectivity index (χ0) is 15.8. The molecule has 1 N–H and O–H groups in total. The number of benzene rings is 1. The minimum atomic E-state index is -0.258. The zero-order valence-electron chi connectivity index (χ0n) is 12.7. The molecule has 2 aliphatic heterocycles. The van der Waals surface area contributed by atoms with Crippen molar-refractivity contribution in [1.82, 2.24) is 4.98 Å². The van der Waals surface area contributed by atoms with E-state index in [4.69, 9.17) is 0 Å². The van der Waals surface area contributed by atoms with Crippen LogP contribution in [0.1, 0.15) is 42.0 Å². The first-order valence-electron chi connectivity index (χ1n) is 8.02. The summed E-state index contributed by atoms with van der Waals surface area (Å²) < 4.78 is 14.2. The van der Waals surface area contributed by atoms with E-state index in [1.165, 1.54) is 25.3 Å². The normalized spacial score (nSPS) is 21.0. The van der Waals surface area contributed by atoms with Gasteiger partial charge in [0.05, 0.1) is 4.88 Å². The molecular weight excluding hydrogens is 313 g/mol. The molecule has 0 saturated carbocycles. The largest absolute Gasteiger partial charge is 0.348 e. The highest BCUT2D eigenvalue weighted by Gasteiger charge is 2.32. The van der Waals surface area contributed by atoms with Crippen molar-refractivity contribution >= 4 is 28.2 Å². The molecule has 1 saturated heterocycles. The molecule has 0 spiro atoms. The molecule has 1 fully saturated rings. The van der Waals surface area contributed by atoms with E-state index in [-0.39, 0.29) is 24.1 Å². The van der Waals surface area contributed by atoms with Gasteiger partial charge in [0.25, 0.3) is 0 Å². The number of nitrogens with one attached hydrogen (secondary N) is 1. The Morgan fingerprint density at radius 3 is 2.78 bits per heavy atom. The highest BCUT2D eigenvalue weighted by molar-refractivity contribution is 7.16. The van der Waals surface area contributed by atoms with E-state index < -0.39 is 0 Å². The van der Waals surface area contributed by atoms with E-state index in [2.05, 4.69) is 15.2 Å². The summed E-state index contributed by atoms with van der Waals surface area (Å²) in [5.41, 5.74) is 0.581. The lowest BCUT2D eigenvalue weighted by molar-refractivity contribution is -0.116. The van der Waals surface area contributed by atoms with Crippen LogP contribution in [0.25, 0.3) is 0 Å². The van der Waals surface area contributed by atoms with Crippen LogP contribution < -0.4 is 10.2 Å². The monoisotopic (exact) mass is 331 g/mol. The van der Waals surface area contributed by atoms with Crippen molar-refractivity contribution < 1.29 is 9.18 Å². The quantitative estimate of drug-likeness (QED) is 0.911. The standard InChI is InChI=1S/C17H18FN3OS/c18-13-7-3-2-6-11(13)12-10-14(22)19-16-15(12)23-17(20-16)21-8-4-1-5-9-21/h2-3,6-7,12H,1,4-5,8-10H2,(H,19,22)/t12-/m0/s1. The number of fused-ring (bicyclic) bond motifs is 1. The average Bonchev–Trinajstić information content (AvgIpc) is 2.99. The number of hydrogen-bond acceptors (Lipinski definition) is 4. The maximum atomic E-state index is 14.2. The summed E-state index contributed by atoms with van der Waals surface area (Å²) in [4.78, 5) is 19.9. The molecule has 0 aliphatic carbocycles. The van der Waals surface area contributed by atoms with Crippen LogP contribution in [0.15, 0.2) is 24.3 Å². The van der Waals surface area contributed by atoms with E-state index >= 15 is 0 Å². The molecule has 1 aromatic heterocycles. The first-order valence-corrected chi connectivity index (χ1v) is 8.84. The van der Waals surface area contributed by atoms with E-state index in [1.807, 2.05) is 6.07 Å². The second-order valence-electron chi connectivity index (χ2n) is 6.08. The van der Waals surface area contributed by atoms with E-state index in [0.717, 1.165) is 23.1 Å². The predicted octanol–water partition coefficient (Wildman–Crippen LogP) is 3.75. The molecule has 6 heteroatoms. The Bertz CT molecular complexity index is 739. The van der Waals surface area contributed by atoms with Crippen molar-refractivity contribution in [2.45, 2.75) is 31.6 Å². The number of anilines is 2. The van der Waals surface area contributed by atoms with Gasteiger partial charge in [-0.25, -0.2) is 9.37 Å². The van der Waals surface area contributed by atoms with E-state index in [9.17, 15) is 9.18 Å². The van der Waals surface area contributed by atoms with Crippen LogP contribution in [0.5, 0.6) is 0 Å². The molecule has 2 aliphatic rings. The fraction of sp³-hybridized carbons (Fsp3) is 0.412. The van der Waals surface area contributed by atoms with Crippen LogP contribution >= 0.6 is 11.3 Å². The Hall–Kier alpha value is -1.95. The summed E-state index contributed by atoms with van der Waals surface area (Å²) in [5.74, 6) is 0.0170. The zero-order valence-corrected chi connectivity index (χ0v) is 13.5. The molecule has 1 aromatic carbocycles. The predicted molar refractivity (Wildman–Crippen MR) is 89.7 cm³/mol. The molecule has 0 radical (unpaired) electrons. The molecule has 2 aromatic rings. The summed E-state index contributed by atoms with van der Waals surface area (Å²) in [6, 6.07) is 6.71. The molecule has 1 amide bonds. The van der Waals surface area contributed by atoms with Gasteiger partial charge in [-0.3, -0.25) is 4.79 Å². The summed E-state index contributed by atoms with van der Waals surface area (Å²) in [6.45, 7) is 2.01. The Kier molecular flexibility index (Phi) is 3.77. The van der Waals surface area contributed by atoms with E-state index in [1.54, 1.807) is 23.5 Å². The van der Waals surface area contributed by atoms with Gasteiger partial charge in [0, 0.05) is 25.4 Å². The van der Waals surface area contributed by atoms with Crippen LogP contribution in [-0.2, 0) is 4.79 Å². The van der Waals surface area contributed by atoms with Crippen LogP contribution in [0.2, 0.25) is 0 Å². The van der Waals surface area contributed by atoms with Crippen LogP contribution in [0.3, 0.4) is 0 Å². The van der Waals surface area contributed by atoms with Crippen molar-refractivity contribution in [3.63, 3.8) is 0 Å². The van der Waals surface area contributed by atoms with Crippen molar-refractivity contribution in [3.05, 3.63) is 40.5 Å². The van der Waals surface area contributed by atoms with Crippen molar-refractivity contribution in [1.29, 1.82) is 0 Å². The van der Waals surface area contributed by atoms with Gasteiger partial charge in [-0.1, -0.05) is 29.5 Å². The van der Waals surface area contributed by atoms with E-state index in [0.29, 0.717) is 11.4 Å². The van der Waals surface area contributed by atoms with Crippen molar-refractivity contribution in [2.75, 3.05) is 23.3 Å². The molecule has 3 heterocycles. The molecule has 23 heavy (non-hydrogen) atoms. The number of amides is 1. The Morgan fingerprint density at radius 1 is 1.22 bits per heavy atom. The number of rotatable bonds is 2. The van der Waals surface area contributed by atoms with Crippen LogP contribution in [0.4, 0.5) is 15.3 Å². The van der Waals surface area contributed by atoms with Crippen LogP contribution in [0, 0.1) is 5.82 Å². The fourth-order valence-electron chi connectivity index (χ4n) is 3.34. The minimum absolute atomic E-state index is 0.0961. The van der Waals surface area contributed by atoms with Gasteiger partial charge in [0.15, 0.2) is 5.13 Å². The Balaban J connectivity index is 1.73. The number of halogens is 1. The van der Waals surface area contributed by atoms with Gasteiger partial charge in [-0.05, 0) is 30.9 Å². The lowest BCUT2D eigenvalue weighted by Crippen LogP contribution is -2.29. The summed E-state index contributed by atoms with van der Waals surface area (Å²) >= 11 is 1.59. The van der Waals surface area contributed by atoms with Gasteiger partial charge < -0.3 is 10.2 Å². The molecule has 4 rings (SSSR count). The van der Waals surface area contributed by atoms with Crippen molar-refractivity contribution in [2.24, 2.45) is 0 Å². The number of piperidine rings is 1.